The maximum atomic E-state index is 11.4. The van der Waals surface area contributed by atoms with Crippen molar-refractivity contribution in [2.24, 2.45) is 0 Å². The molecule has 52 heavy (non-hydrogen) atoms. The van der Waals surface area contributed by atoms with Crippen LogP contribution in [-0.4, -0.2) is 89.9 Å². The molecule has 0 aliphatic carbocycles. The number of hydrogen-bond donors (Lipinski definition) is 0. The number of rotatable bonds is 17. The molecule has 0 N–H and O–H groups in total. The van der Waals surface area contributed by atoms with Crippen molar-refractivity contribution in [1.82, 2.24) is 9.13 Å². The molecule has 15 heteroatoms. The average molecular weight is 795 g/mol. The Morgan fingerprint density at radius 1 is 0.788 bits per heavy atom. The fourth-order valence-electron chi connectivity index (χ4n) is 3.86. The first-order valence-corrected chi connectivity index (χ1v) is 25.8. The van der Waals surface area contributed by atoms with Gasteiger partial charge in [-0.3, -0.25) is 14.2 Å². The van der Waals surface area contributed by atoms with Gasteiger partial charge in [0.25, 0.3) is 0 Å². The molecule has 0 bridgehead atoms. The van der Waals surface area contributed by atoms with E-state index in [9.17, 15) is 18.9 Å². The number of esters is 2. The second-order valence-corrected chi connectivity index (χ2v) is 27.3. The molecule has 11 nitrogen and oxygen atoms in total. The van der Waals surface area contributed by atoms with Gasteiger partial charge in [0, 0.05) is 43.9 Å². The van der Waals surface area contributed by atoms with Crippen LogP contribution >= 0.6 is 7.37 Å². The van der Waals surface area contributed by atoms with Crippen LogP contribution in [0.25, 0.3) is 6.08 Å². The minimum atomic E-state index is -2.75. The van der Waals surface area contributed by atoms with Gasteiger partial charge < -0.3 is 33.4 Å². The molecule has 1 atom stereocenters. The summed E-state index contributed by atoms with van der Waals surface area (Å²) in [5.41, 5.74) is 1.69. The Morgan fingerprint density at radius 3 is 1.63 bits per heavy atom. The van der Waals surface area contributed by atoms with Gasteiger partial charge >= 0.3 is 41.5 Å². The monoisotopic (exact) mass is 794 g/mol. The van der Waals surface area contributed by atoms with Gasteiger partial charge in [0.2, 0.25) is 7.37 Å². The molecule has 294 valence electrons. The van der Waals surface area contributed by atoms with E-state index in [0.29, 0.717) is 38.7 Å². The first kappa shape index (κ1) is 52.6. The number of hydrogen-bond acceptors (Lipinski definition) is 9. The van der Waals surface area contributed by atoms with Gasteiger partial charge in [-0.2, -0.15) is 0 Å². The van der Waals surface area contributed by atoms with E-state index in [1.165, 1.54) is 12.7 Å². The van der Waals surface area contributed by atoms with Gasteiger partial charge in [-0.1, -0.05) is 41.5 Å². The van der Waals surface area contributed by atoms with E-state index < -0.39 is 30.0 Å². The maximum Gasteiger partial charge on any atom is 1.00 e. The topological polar surface area (TPSA) is 124 Å². The normalized spacial score (nSPS) is 13.1. The minimum Gasteiger partial charge on any atom is -1.00 e. The maximum absolute atomic E-state index is 11.4. The molecular weight excluding hydrogens is 727 g/mol. The molecule has 0 aliphatic heterocycles. The van der Waals surface area contributed by atoms with E-state index in [0.717, 1.165) is 25.1 Å². The van der Waals surface area contributed by atoms with Crippen molar-refractivity contribution in [2.75, 3.05) is 45.9 Å². The van der Waals surface area contributed by atoms with E-state index in [4.69, 9.17) is 18.1 Å². The summed E-state index contributed by atoms with van der Waals surface area (Å²) in [4.78, 5) is 33.0. The zero-order valence-electron chi connectivity index (χ0n) is 35.9. The van der Waals surface area contributed by atoms with Crippen molar-refractivity contribution in [3.05, 3.63) is 54.1 Å². The molecule has 0 saturated carbocycles. The molecule has 1 unspecified atom stereocenters. The van der Waals surface area contributed by atoms with Gasteiger partial charge in [-0.05, 0) is 87.4 Å². The van der Waals surface area contributed by atoms with Crippen LogP contribution < -0.4 is 29.6 Å². The van der Waals surface area contributed by atoms with Gasteiger partial charge in [-0.25, -0.2) is 4.79 Å². The summed E-state index contributed by atoms with van der Waals surface area (Å²) >= 11 is 0. The van der Waals surface area contributed by atoms with E-state index in [1.807, 2.05) is 41.2 Å². The largest absolute Gasteiger partial charge is 1.00 e. The van der Waals surface area contributed by atoms with E-state index >= 15 is 0 Å². The van der Waals surface area contributed by atoms with E-state index in [2.05, 4.69) is 77.0 Å². The summed E-state index contributed by atoms with van der Waals surface area (Å²) < 4.78 is 42.1. The van der Waals surface area contributed by atoms with Crippen LogP contribution in [0.3, 0.4) is 0 Å². The van der Waals surface area contributed by atoms with Crippen molar-refractivity contribution >= 4 is 48.3 Å². The fraction of sp³-hybridized carbons (Fsp3) is 0.649. The molecule has 0 aromatic carbocycles. The van der Waals surface area contributed by atoms with Crippen LogP contribution in [0.4, 0.5) is 0 Å². The zero-order valence-corrected chi connectivity index (χ0v) is 39.8. The fourth-order valence-corrected chi connectivity index (χ4v) is 7.12. The average Bonchev–Trinajstić information content (AvgIpc) is 3.64. The second kappa shape index (κ2) is 24.8. The number of nitrogens with zero attached hydrogens (tertiary/aromatic N) is 2. The van der Waals surface area contributed by atoms with Crippen molar-refractivity contribution in [3.8, 4) is 0 Å². The van der Waals surface area contributed by atoms with Gasteiger partial charge in [0.05, 0.1) is 38.7 Å². The molecule has 0 spiro atoms. The quantitative estimate of drug-likeness (QED) is 0.0622. The number of ether oxygens (including phenoxy) is 2. The van der Waals surface area contributed by atoms with E-state index in [-0.39, 0.29) is 53.2 Å². The smallest absolute Gasteiger partial charge is 1.00 e. The Morgan fingerprint density at radius 2 is 1.23 bits per heavy atom. The summed E-state index contributed by atoms with van der Waals surface area (Å²) in [6.07, 6.45) is 7.91. The van der Waals surface area contributed by atoms with Crippen LogP contribution in [0.5, 0.6) is 0 Å². The minimum absolute atomic E-state index is 0. The third-order valence-electron chi connectivity index (χ3n) is 8.85. The van der Waals surface area contributed by atoms with Crippen LogP contribution in [0.2, 0.25) is 36.3 Å². The molecule has 2 aromatic rings. The third kappa shape index (κ3) is 20.8. The van der Waals surface area contributed by atoms with E-state index in [1.54, 1.807) is 26.8 Å². The summed E-state index contributed by atoms with van der Waals surface area (Å²) in [6.45, 7) is 33.0. The molecule has 2 rings (SSSR count). The molecule has 2 aromatic heterocycles. The molecule has 2 heterocycles. The number of carbonyl (C=O) groups excluding carboxylic acids is 3. The molecule has 0 aliphatic rings. The van der Waals surface area contributed by atoms with Crippen molar-refractivity contribution in [1.29, 1.82) is 0 Å². The van der Waals surface area contributed by atoms with Crippen molar-refractivity contribution in [2.45, 2.75) is 112 Å². The Hall–Kier alpha value is -1.55. The summed E-state index contributed by atoms with van der Waals surface area (Å²) in [6, 6.07) is 7.65. The second-order valence-electron chi connectivity index (χ2n) is 15.1. The number of aromatic nitrogens is 2. The molecule has 0 amide bonds. The Balaban J connectivity index is -0.000000725. The zero-order chi connectivity index (χ0) is 39.5. The number of carbonyl (C=O) groups is 3. The van der Waals surface area contributed by atoms with Gasteiger partial charge in [0.1, 0.15) is 6.16 Å². The predicted molar refractivity (Wildman–Crippen MR) is 214 cm³/mol. The molecule has 0 radical (unpaired) electrons. The first-order chi connectivity index (χ1) is 23.5. The van der Waals surface area contributed by atoms with Crippen LogP contribution in [0, 0.1) is 0 Å². The Labute approximate surface area is 340 Å². The molecule has 0 fully saturated rings. The van der Waals surface area contributed by atoms with Gasteiger partial charge in [-0.15, -0.1) is 0 Å². The third-order valence-corrected chi connectivity index (χ3v) is 19.6. The molecular formula is C37H68N2NaO9PSi2. The number of aldehydes is 1. The molecule has 0 saturated heterocycles. The van der Waals surface area contributed by atoms with Crippen LogP contribution in [-0.2, 0) is 50.1 Å². The van der Waals surface area contributed by atoms with Crippen molar-refractivity contribution in [3.63, 3.8) is 0 Å². The first-order valence-electron chi connectivity index (χ1n) is 17.7. The Kier molecular flexibility index (Phi) is 25.0. The SMILES string of the molecule is CC(C)(C)[Si](C)(C)OCCn1cccc1C=O.CCOC(=O)/C=C/c1cccn1CCO[Si](C)(C)C(C)(C)C.CCOC(=O)CP(C)(=O)OCC.[H-].[Na+]. The van der Waals surface area contributed by atoms with Crippen LogP contribution in [0.1, 0.15) is 79.9 Å². The summed E-state index contributed by atoms with van der Waals surface area (Å²) in [7, 11) is -6.13. The van der Waals surface area contributed by atoms with Crippen molar-refractivity contribution < 1.29 is 72.8 Å². The summed E-state index contributed by atoms with van der Waals surface area (Å²) in [5.74, 6) is -0.774. The standard InChI is InChI=1S/C17H29NO3Si.C13H23NO2Si.C7H15O4P.Na.H/c1-7-20-16(19)11-10-15-9-8-12-18(15)13-14-21-22(5,6)17(2,3)4;1-13(2,3)17(4,5)16-10-9-14-8-6-7-12(14)11-15;1-4-10-7(8)6-12(3,9)11-5-2;;/h8-12H,7,13-14H2,1-6H3;6-8,11H,9-10H2,1-5H3;4-6H2,1-3H3;;/q;;;+1;-1/b11-10+;;;;. The van der Waals surface area contributed by atoms with Crippen LogP contribution in [0.15, 0.2) is 42.7 Å². The van der Waals surface area contributed by atoms with Gasteiger partial charge in [0.15, 0.2) is 22.9 Å². The predicted octanol–water partition coefficient (Wildman–Crippen LogP) is 6.02. The summed E-state index contributed by atoms with van der Waals surface area (Å²) in [5, 5.41) is 0.452. The Bertz CT molecular complexity index is 1420.